The first-order valence-electron chi connectivity index (χ1n) is 8.80. The van der Waals surface area contributed by atoms with Crippen LogP contribution in [0.4, 0.5) is 5.69 Å². The molecule has 3 rings (SSSR count). The number of anilines is 1. The molecule has 1 saturated carbocycles. The van der Waals surface area contributed by atoms with Crippen LogP contribution in [-0.2, 0) is 11.3 Å². The molecular weight excluding hydrogens is 332 g/mol. The fourth-order valence-electron chi connectivity index (χ4n) is 3.29. The Hall–Kier alpha value is -2.00. The van der Waals surface area contributed by atoms with Crippen molar-refractivity contribution < 1.29 is 4.79 Å². The van der Waals surface area contributed by atoms with Crippen LogP contribution >= 0.6 is 11.6 Å². The van der Waals surface area contributed by atoms with E-state index < -0.39 is 0 Å². The van der Waals surface area contributed by atoms with E-state index in [2.05, 4.69) is 29.2 Å². The number of amides is 1. The molecule has 2 aromatic carbocycles. The second-order valence-corrected chi connectivity index (χ2v) is 7.29. The van der Waals surface area contributed by atoms with Gasteiger partial charge in [0.05, 0.1) is 0 Å². The quantitative estimate of drug-likeness (QED) is 0.757. The molecule has 132 valence electrons. The molecule has 1 fully saturated rings. The van der Waals surface area contributed by atoms with E-state index in [1.54, 1.807) is 0 Å². The van der Waals surface area contributed by atoms with Crippen LogP contribution in [0.15, 0.2) is 48.5 Å². The summed E-state index contributed by atoms with van der Waals surface area (Å²) in [5.41, 5.74) is 3.43. The third-order valence-corrected chi connectivity index (χ3v) is 5.28. The van der Waals surface area contributed by atoms with Gasteiger partial charge in [-0.1, -0.05) is 41.9 Å². The van der Waals surface area contributed by atoms with Crippen LogP contribution in [0.25, 0.3) is 0 Å². The van der Waals surface area contributed by atoms with Gasteiger partial charge in [-0.3, -0.25) is 4.79 Å². The first-order chi connectivity index (χ1) is 12.0. The van der Waals surface area contributed by atoms with Gasteiger partial charge >= 0.3 is 0 Å². The van der Waals surface area contributed by atoms with Crippen molar-refractivity contribution in [1.82, 2.24) is 4.90 Å². The maximum atomic E-state index is 12.9. The van der Waals surface area contributed by atoms with Gasteiger partial charge in [0.2, 0.25) is 5.91 Å². The Balaban J connectivity index is 1.65. The van der Waals surface area contributed by atoms with Crippen molar-refractivity contribution in [3.63, 3.8) is 0 Å². The molecule has 0 spiro atoms. The minimum absolute atomic E-state index is 0.0703. The Morgan fingerprint density at radius 2 is 1.80 bits per heavy atom. The first kappa shape index (κ1) is 17.8. The van der Waals surface area contributed by atoms with Crippen LogP contribution in [-0.4, -0.2) is 31.4 Å². The molecule has 2 unspecified atom stereocenters. The number of rotatable bonds is 6. The van der Waals surface area contributed by atoms with Crippen molar-refractivity contribution in [2.45, 2.75) is 25.8 Å². The van der Waals surface area contributed by atoms with E-state index >= 15 is 0 Å². The van der Waals surface area contributed by atoms with E-state index in [9.17, 15) is 4.79 Å². The first-order valence-corrected chi connectivity index (χ1v) is 9.18. The number of benzene rings is 2. The molecule has 2 atom stereocenters. The van der Waals surface area contributed by atoms with Gasteiger partial charge in [-0.25, -0.2) is 0 Å². The molecule has 4 heteroatoms. The van der Waals surface area contributed by atoms with E-state index in [-0.39, 0.29) is 17.7 Å². The van der Waals surface area contributed by atoms with Gasteiger partial charge in [0.15, 0.2) is 0 Å². The summed E-state index contributed by atoms with van der Waals surface area (Å²) in [6, 6.07) is 16.3. The average Bonchev–Trinajstić information content (AvgIpc) is 3.40. The average molecular weight is 357 g/mol. The molecular formula is C21H25ClN2O. The zero-order valence-corrected chi connectivity index (χ0v) is 15.8. The summed E-state index contributed by atoms with van der Waals surface area (Å²) in [6.07, 6.45) is 0.901. The molecule has 1 aliphatic rings. The lowest BCUT2D eigenvalue weighted by atomic mass is 10.1. The molecule has 0 aliphatic heterocycles. The summed E-state index contributed by atoms with van der Waals surface area (Å²) in [4.78, 5) is 16.9. The molecule has 0 heterocycles. The number of carbonyl (C=O) groups excluding carboxylic acids is 1. The second kappa shape index (κ2) is 7.49. The minimum atomic E-state index is 0.0703. The third kappa shape index (κ3) is 3.98. The van der Waals surface area contributed by atoms with E-state index in [0.29, 0.717) is 6.54 Å². The molecule has 0 N–H and O–H groups in total. The molecule has 1 aliphatic carbocycles. The van der Waals surface area contributed by atoms with Gasteiger partial charge in [-0.05, 0) is 48.6 Å². The maximum absolute atomic E-state index is 12.9. The molecule has 1 amide bonds. The van der Waals surface area contributed by atoms with Crippen molar-refractivity contribution in [3.05, 3.63) is 64.7 Å². The van der Waals surface area contributed by atoms with E-state index in [0.717, 1.165) is 29.1 Å². The van der Waals surface area contributed by atoms with Crippen LogP contribution in [0.3, 0.4) is 0 Å². The number of hydrogen-bond donors (Lipinski definition) is 0. The summed E-state index contributed by atoms with van der Waals surface area (Å²) < 4.78 is 0. The SMILES string of the molecule is CCN(Cc1ccc(N(C)C)cc1)C(=O)C1CC1c1ccccc1Cl. The summed E-state index contributed by atoms with van der Waals surface area (Å²) in [5, 5.41) is 0.769. The summed E-state index contributed by atoms with van der Waals surface area (Å²) in [5.74, 6) is 0.580. The molecule has 0 saturated heterocycles. The van der Waals surface area contributed by atoms with Crippen molar-refractivity contribution in [2.24, 2.45) is 5.92 Å². The zero-order chi connectivity index (χ0) is 18.0. The fourth-order valence-corrected chi connectivity index (χ4v) is 3.56. The van der Waals surface area contributed by atoms with Gasteiger partial charge < -0.3 is 9.80 Å². The highest BCUT2D eigenvalue weighted by Crippen LogP contribution is 2.50. The standard InChI is InChI=1S/C21H25ClN2O/c1-4-24(14-15-9-11-16(12-10-15)23(2)3)21(25)19-13-18(19)17-7-5-6-8-20(17)22/h5-12,18-19H,4,13-14H2,1-3H3. The predicted molar refractivity (Wildman–Crippen MR) is 104 cm³/mol. The van der Waals surface area contributed by atoms with Crippen molar-refractivity contribution in [1.29, 1.82) is 0 Å². The normalized spacial score (nSPS) is 18.7. The van der Waals surface area contributed by atoms with Crippen LogP contribution in [0, 0.1) is 5.92 Å². The van der Waals surface area contributed by atoms with Gasteiger partial charge in [0.1, 0.15) is 0 Å². The van der Waals surface area contributed by atoms with Gasteiger partial charge in [0.25, 0.3) is 0 Å². The smallest absolute Gasteiger partial charge is 0.226 e. The molecule has 0 aromatic heterocycles. The fraction of sp³-hybridized carbons (Fsp3) is 0.381. The molecule has 25 heavy (non-hydrogen) atoms. The number of hydrogen-bond acceptors (Lipinski definition) is 2. The Labute approximate surface area is 155 Å². The van der Waals surface area contributed by atoms with Crippen molar-refractivity contribution >= 4 is 23.2 Å². The zero-order valence-electron chi connectivity index (χ0n) is 15.1. The van der Waals surface area contributed by atoms with Crippen molar-refractivity contribution in [2.75, 3.05) is 25.5 Å². The number of nitrogens with zero attached hydrogens (tertiary/aromatic N) is 2. The van der Waals surface area contributed by atoms with Gasteiger partial charge in [-0.15, -0.1) is 0 Å². The number of halogens is 1. The highest BCUT2D eigenvalue weighted by Gasteiger charge is 2.46. The second-order valence-electron chi connectivity index (χ2n) is 6.88. The predicted octanol–water partition coefficient (Wildman–Crippen LogP) is 4.56. The topological polar surface area (TPSA) is 23.6 Å². The number of carbonyl (C=O) groups is 1. The molecule has 2 aromatic rings. The summed E-state index contributed by atoms with van der Waals surface area (Å²) >= 11 is 6.28. The monoisotopic (exact) mass is 356 g/mol. The van der Waals surface area contributed by atoms with Crippen molar-refractivity contribution in [3.8, 4) is 0 Å². The van der Waals surface area contributed by atoms with Crippen LogP contribution in [0.2, 0.25) is 5.02 Å². The van der Waals surface area contributed by atoms with E-state index in [1.165, 1.54) is 5.69 Å². The molecule has 3 nitrogen and oxygen atoms in total. The van der Waals surface area contributed by atoms with Crippen LogP contribution in [0.1, 0.15) is 30.4 Å². The van der Waals surface area contributed by atoms with E-state index in [4.69, 9.17) is 11.6 Å². The molecule has 0 radical (unpaired) electrons. The Morgan fingerprint density at radius 3 is 2.40 bits per heavy atom. The highest BCUT2D eigenvalue weighted by atomic mass is 35.5. The Bertz CT molecular complexity index is 742. The third-order valence-electron chi connectivity index (χ3n) is 4.93. The van der Waals surface area contributed by atoms with Gasteiger partial charge in [-0.2, -0.15) is 0 Å². The Morgan fingerprint density at radius 1 is 1.12 bits per heavy atom. The molecule has 0 bridgehead atoms. The largest absolute Gasteiger partial charge is 0.378 e. The maximum Gasteiger partial charge on any atom is 0.226 e. The summed E-state index contributed by atoms with van der Waals surface area (Å²) in [6.45, 7) is 3.42. The lowest BCUT2D eigenvalue weighted by molar-refractivity contribution is -0.133. The minimum Gasteiger partial charge on any atom is -0.378 e. The Kier molecular flexibility index (Phi) is 5.33. The van der Waals surface area contributed by atoms with Crippen LogP contribution in [0.5, 0.6) is 0 Å². The summed E-state index contributed by atoms with van der Waals surface area (Å²) in [7, 11) is 4.05. The lowest BCUT2D eigenvalue weighted by Crippen LogP contribution is -2.32. The highest BCUT2D eigenvalue weighted by molar-refractivity contribution is 6.31. The lowest BCUT2D eigenvalue weighted by Gasteiger charge is -2.22. The van der Waals surface area contributed by atoms with E-state index in [1.807, 2.05) is 50.2 Å². The van der Waals surface area contributed by atoms with Crippen LogP contribution < -0.4 is 4.90 Å². The van der Waals surface area contributed by atoms with Gasteiger partial charge in [0, 0.05) is 43.8 Å².